The molecular weight excluding hydrogens is 254 g/mol. The largest absolute Gasteiger partial charge is 0.489 e. The van der Waals surface area contributed by atoms with E-state index in [9.17, 15) is 9.90 Å². The van der Waals surface area contributed by atoms with Crippen LogP contribution in [0.3, 0.4) is 0 Å². The van der Waals surface area contributed by atoms with Crippen molar-refractivity contribution in [2.75, 3.05) is 6.61 Å². The Morgan fingerprint density at radius 1 is 1.40 bits per heavy atom. The summed E-state index contributed by atoms with van der Waals surface area (Å²) in [7, 11) is 0. The van der Waals surface area contributed by atoms with Crippen LogP contribution in [0.25, 0.3) is 0 Å². The van der Waals surface area contributed by atoms with Gasteiger partial charge in [0, 0.05) is 11.5 Å². The quantitative estimate of drug-likeness (QED) is 0.888. The first-order valence-corrected chi connectivity index (χ1v) is 7.17. The molecule has 110 valence electrons. The van der Waals surface area contributed by atoms with Crippen molar-refractivity contribution in [3.63, 3.8) is 0 Å². The van der Waals surface area contributed by atoms with Crippen LogP contribution in [0, 0.1) is 5.92 Å². The van der Waals surface area contributed by atoms with Gasteiger partial charge in [-0.15, -0.1) is 0 Å². The van der Waals surface area contributed by atoms with Crippen LogP contribution in [-0.4, -0.2) is 29.8 Å². The van der Waals surface area contributed by atoms with Gasteiger partial charge in [-0.25, -0.2) is 0 Å². The summed E-state index contributed by atoms with van der Waals surface area (Å²) >= 11 is 0. The number of aliphatic hydroxyl groups is 1. The predicted octanol–water partition coefficient (Wildman–Crippen LogP) is 2.32. The van der Waals surface area contributed by atoms with E-state index >= 15 is 0 Å². The van der Waals surface area contributed by atoms with E-state index in [2.05, 4.69) is 12.2 Å². The minimum atomic E-state index is -0.241. The highest BCUT2D eigenvalue weighted by molar-refractivity contribution is 5.97. The van der Waals surface area contributed by atoms with Gasteiger partial charge in [-0.2, -0.15) is 0 Å². The van der Waals surface area contributed by atoms with E-state index in [4.69, 9.17) is 4.74 Å². The Bertz CT molecular complexity index is 498. The second kappa shape index (κ2) is 5.83. The van der Waals surface area contributed by atoms with Gasteiger partial charge in [0.25, 0.3) is 5.91 Å². The molecule has 0 aromatic heterocycles. The summed E-state index contributed by atoms with van der Waals surface area (Å²) in [6.45, 7) is 7.99. The van der Waals surface area contributed by atoms with Crippen LogP contribution in [0.2, 0.25) is 0 Å². The normalized spacial score (nSPS) is 22.3. The van der Waals surface area contributed by atoms with Gasteiger partial charge in [0.1, 0.15) is 11.9 Å². The minimum absolute atomic E-state index is 0.0634. The van der Waals surface area contributed by atoms with Crippen molar-refractivity contribution in [2.24, 2.45) is 5.92 Å². The molecule has 1 aromatic carbocycles. The molecule has 4 nitrogen and oxygen atoms in total. The average molecular weight is 277 g/mol. The lowest BCUT2D eigenvalue weighted by Gasteiger charge is -2.20. The lowest BCUT2D eigenvalue weighted by molar-refractivity contribution is 0.0892. The monoisotopic (exact) mass is 277 g/mol. The number of fused-ring (bicyclic) bond motifs is 1. The molecule has 2 rings (SSSR count). The summed E-state index contributed by atoms with van der Waals surface area (Å²) in [5, 5.41) is 12.2. The number of para-hydroxylation sites is 1. The van der Waals surface area contributed by atoms with Gasteiger partial charge in [-0.3, -0.25) is 4.79 Å². The average Bonchev–Trinajstić information content (AvgIpc) is 2.71. The molecule has 0 fully saturated rings. The molecule has 1 aliphatic heterocycles. The summed E-state index contributed by atoms with van der Waals surface area (Å²) < 4.78 is 5.82. The minimum Gasteiger partial charge on any atom is -0.489 e. The summed E-state index contributed by atoms with van der Waals surface area (Å²) in [6, 6.07) is 5.42. The van der Waals surface area contributed by atoms with Crippen molar-refractivity contribution in [1.29, 1.82) is 0 Å². The van der Waals surface area contributed by atoms with E-state index in [0.717, 1.165) is 5.56 Å². The maximum absolute atomic E-state index is 12.4. The molecule has 1 aliphatic rings. The van der Waals surface area contributed by atoms with Crippen molar-refractivity contribution in [1.82, 2.24) is 5.32 Å². The van der Waals surface area contributed by atoms with Gasteiger partial charge in [0.15, 0.2) is 0 Å². The fraction of sp³-hybridized carbons (Fsp3) is 0.562. The van der Waals surface area contributed by atoms with Gasteiger partial charge in [-0.05, 0) is 18.9 Å². The third-order valence-corrected chi connectivity index (χ3v) is 4.11. The molecule has 0 aliphatic carbocycles. The number of hydrogen-bond acceptors (Lipinski definition) is 3. The van der Waals surface area contributed by atoms with Crippen molar-refractivity contribution in [3.05, 3.63) is 29.3 Å². The molecule has 0 radical (unpaired) electrons. The molecule has 0 bridgehead atoms. The third-order valence-electron chi connectivity index (χ3n) is 4.11. The van der Waals surface area contributed by atoms with Gasteiger partial charge in [-0.1, -0.05) is 32.9 Å². The molecule has 1 aromatic rings. The Morgan fingerprint density at radius 3 is 2.70 bits per heavy atom. The van der Waals surface area contributed by atoms with Crippen LogP contribution < -0.4 is 10.1 Å². The molecule has 1 amide bonds. The fourth-order valence-corrected chi connectivity index (χ4v) is 2.43. The first kappa shape index (κ1) is 14.9. The number of carbonyl (C=O) groups is 1. The third kappa shape index (κ3) is 2.66. The molecule has 2 N–H and O–H groups in total. The lowest BCUT2D eigenvalue weighted by atomic mass is 9.96. The zero-order valence-corrected chi connectivity index (χ0v) is 12.5. The highest BCUT2D eigenvalue weighted by atomic mass is 16.5. The zero-order chi connectivity index (χ0) is 14.9. The number of benzene rings is 1. The van der Waals surface area contributed by atoms with E-state index in [1.54, 1.807) is 6.07 Å². The van der Waals surface area contributed by atoms with Crippen LogP contribution in [0.15, 0.2) is 18.2 Å². The molecule has 3 atom stereocenters. The smallest absolute Gasteiger partial charge is 0.255 e. The van der Waals surface area contributed by atoms with Gasteiger partial charge in [0.05, 0.1) is 18.2 Å². The summed E-state index contributed by atoms with van der Waals surface area (Å²) in [6.07, 6.45) is 0.0812. The number of carbonyl (C=O) groups excluding carboxylic acids is 1. The van der Waals surface area contributed by atoms with Crippen molar-refractivity contribution in [2.45, 2.75) is 45.8 Å². The maximum atomic E-state index is 12.4. The predicted molar refractivity (Wildman–Crippen MR) is 78.1 cm³/mol. The van der Waals surface area contributed by atoms with E-state index in [1.807, 2.05) is 32.9 Å². The summed E-state index contributed by atoms with van der Waals surface area (Å²) in [5.41, 5.74) is 1.63. The van der Waals surface area contributed by atoms with E-state index < -0.39 is 0 Å². The Kier molecular flexibility index (Phi) is 4.33. The van der Waals surface area contributed by atoms with Crippen molar-refractivity contribution >= 4 is 5.91 Å². The van der Waals surface area contributed by atoms with Crippen LogP contribution in [0.5, 0.6) is 5.75 Å². The van der Waals surface area contributed by atoms with Gasteiger partial charge < -0.3 is 15.2 Å². The summed E-state index contributed by atoms with van der Waals surface area (Å²) in [5.74, 6) is 0.970. The fourth-order valence-electron chi connectivity index (χ4n) is 2.43. The second-order valence-corrected chi connectivity index (χ2v) is 5.84. The number of amides is 1. The first-order chi connectivity index (χ1) is 9.45. The molecule has 1 heterocycles. The topological polar surface area (TPSA) is 58.6 Å². The Balaban J connectivity index is 2.25. The second-order valence-electron chi connectivity index (χ2n) is 5.84. The highest BCUT2D eigenvalue weighted by Crippen LogP contribution is 2.40. The summed E-state index contributed by atoms with van der Waals surface area (Å²) in [4.78, 5) is 12.4. The standard InChI is InChI=1S/C16H23NO3/c1-9(2)14(8-18)17-16(19)13-7-5-6-12-10(3)11(4)20-15(12)13/h5-7,9-11,14,18H,8H2,1-4H3,(H,17,19)/t10?,11?,14-/m1/s1. The van der Waals surface area contributed by atoms with E-state index in [0.29, 0.717) is 11.3 Å². The molecule has 0 saturated heterocycles. The maximum Gasteiger partial charge on any atom is 0.255 e. The number of hydrogen-bond donors (Lipinski definition) is 2. The van der Waals surface area contributed by atoms with Crippen molar-refractivity contribution < 1.29 is 14.6 Å². The molecule has 0 saturated carbocycles. The Morgan fingerprint density at radius 2 is 2.10 bits per heavy atom. The van der Waals surface area contributed by atoms with Gasteiger partial charge >= 0.3 is 0 Å². The molecule has 20 heavy (non-hydrogen) atoms. The molecular formula is C16H23NO3. The molecule has 4 heteroatoms. The number of nitrogens with one attached hydrogen (secondary N) is 1. The Hall–Kier alpha value is -1.55. The van der Waals surface area contributed by atoms with Crippen LogP contribution in [0.4, 0.5) is 0 Å². The van der Waals surface area contributed by atoms with E-state index in [-0.39, 0.29) is 36.5 Å². The molecule has 0 spiro atoms. The molecule has 2 unspecified atom stereocenters. The van der Waals surface area contributed by atoms with Crippen molar-refractivity contribution in [3.8, 4) is 5.75 Å². The first-order valence-electron chi connectivity index (χ1n) is 7.17. The van der Waals surface area contributed by atoms with Crippen LogP contribution in [-0.2, 0) is 0 Å². The van der Waals surface area contributed by atoms with Crippen LogP contribution in [0.1, 0.15) is 49.5 Å². The number of aliphatic hydroxyl groups excluding tert-OH is 1. The lowest BCUT2D eigenvalue weighted by Crippen LogP contribution is -2.41. The number of rotatable bonds is 4. The van der Waals surface area contributed by atoms with E-state index in [1.165, 1.54) is 0 Å². The van der Waals surface area contributed by atoms with Gasteiger partial charge in [0.2, 0.25) is 0 Å². The Labute approximate surface area is 120 Å². The highest BCUT2D eigenvalue weighted by Gasteiger charge is 2.31. The SMILES string of the molecule is CC1Oc2c(C(=O)N[C@H](CO)C(C)C)cccc2C1C. The number of ether oxygens (including phenoxy) is 1. The zero-order valence-electron chi connectivity index (χ0n) is 12.5. The van der Waals surface area contributed by atoms with Crippen LogP contribution >= 0.6 is 0 Å².